The van der Waals surface area contributed by atoms with Gasteiger partial charge in [0.25, 0.3) is 11.8 Å². The van der Waals surface area contributed by atoms with Crippen LogP contribution in [-0.2, 0) is 0 Å². The molecule has 0 aliphatic heterocycles. The molecule has 4 rings (SSSR count). The minimum atomic E-state index is -0.770. The Bertz CT molecular complexity index is 1250. The quantitative estimate of drug-likeness (QED) is 0.487. The van der Waals surface area contributed by atoms with Gasteiger partial charge >= 0.3 is 0 Å². The number of nitrogens with zero attached hydrogens (tertiary/aromatic N) is 3. The third kappa shape index (κ3) is 3.42. The molecule has 1 aromatic heterocycles. The molecule has 4 aromatic rings. The van der Waals surface area contributed by atoms with E-state index in [-0.39, 0.29) is 22.9 Å². The second-order valence-corrected chi connectivity index (χ2v) is 6.39. The maximum absolute atomic E-state index is 12.9. The first kappa shape index (κ1) is 19.0. The van der Waals surface area contributed by atoms with Crippen LogP contribution in [0.25, 0.3) is 16.5 Å². The van der Waals surface area contributed by atoms with E-state index in [0.29, 0.717) is 16.5 Å². The molecule has 0 fully saturated rings. The first-order chi connectivity index (χ1) is 14.5. The van der Waals surface area contributed by atoms with Crippen molar-refractivity contribution in [1.29, 1.82) is 0 Å². The summed E-state index contributed by atoms with van der Waals surface area (Å²) in [7, 11) is 0. The second-order valence-electron chi connectivity index (χ2n) is 6.39. The van der Waals surface area contributed by atoms with Crippen LogP contribution in [0, 0.1) is 5.82 Å². The van der Waals surface area contributed by atoms with Gasteiger partial charge < -0.3 is 10.2 Å². The Hall–Kier alpha value is -4.33. The highest BCUT2D eigenvalue weighted by atomic mass is 19.1. The Morgan fingerprint density at radius 2 is 1.13 bits per heavy atom. The summed E-state index contributed by atoms with van der Waals surface area (Å²) >= 11 is 0. The van der Waals surface area contributed by atoms with Gasteiger partial charge in [-0.15, -0.1) is 10.2 Å². The fourth-order valence-corrected chi connectivity index (χ4v) is 3.01. The second kappa shape index (κ2) is 7.59. The third-order valence-corrected chi connectivity index (χ3v) is 4.53. The summed E-state index contributed by atoms with van der Waals surface area (Å²) in [4.78, 5) is 24.1. The predicted molar refractivity (Wildman–Crippen MR) is 107 cm³/mol. The van der Waals surface area contributed by atoms with E-state index >= 15 is 0 Å². The molecule has 2 N–H and O–H groups in total. The van der Waals surface area contributed by atoms with E-state index in [2.05, 4.69) is 10.2 Å². The minimum Gasteiger partial charge on any atom is -0.494 e. The van der Waals surface area contributed by atoms with Crippen molar-refractivity contribution < 1.29 is 24.2 Å². The van der Waals surface area contributed by atoms with Crippen LogP contribution in [0.15, 0.2) is 83.0 Å². The molecular formula is C22H14FN3O4. The highest BCUT2D eigenvalue weighted by Gasteiger charge is 2.17. The first-order valence-corrected chi connectivity index (χ1v) is 8.83. The largest absolute Gasteiger partial charge is 0.494 e. The number of carbonyl (C=O) groups excluding carboxylic acids is 2. The van der Waals surface area contributed by atoms with Gasteiger partial charge in [0.05, 0.1) is 5.69 Å². The van der Waals surface area contributed by atoms with E-state index in [0.717, 1.165) is 12.1 Å². The van der Waals surface area contributed by atoms with Crippen LogP contribution in [0.1, 0.15) is 20.7 Å². The van der Waals surface area contributed by atoms with Gasteiger partial charge in [-0.2, -0.15) is 0 Å². The molecule has 0 aliphatic carbocycles. The van der Waals surface area contributed by atoms with Crippen LogP contribution >= 0.6 is 0 Å². The molecule has 0 atom stereocenters. The molecule has 7 nitrogen and oxygen atoms in total. The van der Waals surface area contributed by atoms with Gasteiger partial charge in [-0.1, -0.05) is 12.1 Å². The number of aromatic nitrogens is 1. The Morgan fingerprint density at radius 1 is 0.700 bits per heavy atom. The van der Waals surface area contributed by atoms with Gasteiger partial charge in [-0.05, 0) is 60.7 Å². The van der Waals surface area contributed by atoms with Gasteiger partial charge in [-0.3, -0.25) is 14.2 Å². The molecule has 3 aromatic carbocycles. The number of carbonyl (C=O) groups is 2. The summed E-state index contributed by atoms with van der Waals surface area (Å²) in [6.07, 6.45) is 0. The molecule has 0 saturated heterocycles. The van der Waals surface area contributed by atoms with Crippen LogP contribution in [0.3, 0.4) is 0 Å². The van der Waals surface area contributed by atoms with Crippen LogP contribution in [0.2, 0.25) is 0 Å². The Labute approximate surface area is 169 Å². The fourth-order valence-electron chi connectivity index (χ4n) is 3.01. The number of azo groups is 1. The zero-order valence-electron chi connectivity index (χ0n) is 15.4. The van der Waals surface area contributed by atoms with E-state index in [9.17, 15) is 24.2 Å². The van der Waals surface area contributed by atoms with Crippen LogP contribution in [0.5, 0.6) is 11.8 Å². The van der Waals surface area contributed by atoms with Gasteiger partial charge in [0, 0.05) is 21.9 Å². The monoisotopic (exact) mass is 403 g/mol. The number of rotatable bonds is 3. The van der Waals surface area contributed by atoms with Crippen molar-refractivity contribution in [3.8, 4) is 17.4 Å². The highest BCUT2D eigenvalue weighted by molar-refractivity contribution is 5.99. The van der Waals surface area contributed by atoms with Gasteiger partial charge in [-0.25, -0.2) is 4.39 Å². The lowest BCUT2D eigenvalue weighted by Crippen LogP contribution is -1.99. The van der Waals surface area contributed by atoms with Gasteiger partial charge in [0.1, 0.15) is 5.82 Å². The van der Waals surface area contributed by atoms with Crippen molar-refractivity contribution in [3.63, 3.8) is 0 Å². The summed E-state index contributed by atoms with van der Waals surface area (Å²) in [5.41, 5.74) is 0.691. The molecule has 148 valence electrons. The number of fused-ring (bicyclic) bond motifs is 1. The molecule has 0 unspecified atom stereocenters. The number of amides is 2. The Kier molecular flexibility index (Phi) is 4.81. The zero-order chi connectivity index (χ0) is 21.3. The van der Waals surface area contributed by atoms with Crippen LogP contribution in [0.4, 0.5) is 4.39 Å². The average Bonchev–Trinajstić information content (AvgIpc) is 3.03. The standard InChI is InChI=1S/C22H14FN3O4/c23-15-9-5-13(6-10-15)19(27)24-25-20(28)14-7-11-16(12-8-14)26-21(29)17-3-1-2-4-18(17)22(26)30/h1-12,29-30H. The van der Waals surface area contributed by atoms with Crippen molar-refractivity contribution in [3.05, 3.63) is 89.7 Å². The smallest absolute Gasteiger partial charge is 0.295 e. The number of hydrogen-bond donors (Lipinski definition) is 2. The molecule has 0 aliphatic rings. The first-order valence-electron chi connectivity index (χ1n) is 8.83. The molecule has 30 heavy (non-hydrogen) atoms. The maximum atomic E-state index is 12.9. The molecular weight excluding hydrogens is 389 g/mol. The van der Waals surface area contributed by atoms with Crippen LogP contribution < -0.4 is 0 Å². The lowest BCUT2D eigenvalue weighted by atomic mass is 10.2. The lowest BCUT2D eigenvalue weighted by molar-refractivity contribution is 0.0947. The third-order valence-electron chi connectivity index (χ3n) is 4.53. The summed E-state index contributed by atoms with van der Waals surface area (Å²) in [5, 5.41) is 28.6. The summed E-state index contributed by atoms with van der Waals surface area (Å²) in [6, 6.07) is 17.5. The lowest BCUT2D eigenvalue weighted by Gasteiger charge is -2.07. The minimum absolute atomic E-state index is 0.105. The highest BCUT2D eigenvalue weighted by Crippen LogP contribution is 2.38. The summed E-state index contributed by atoms with van der Waals surface area (Å²) in [6.45, 7) is 0. The van der Waals surface area contributed by atoms with Crippen LogP contribution in [-0.4, -0.2) is 26.6 Å². The molecule has 0 saturated carbocycles. The van der Waals surface area contributed by atoms with Gasteiger partial charge in [0.2, 0.25) is 11.8 Å². The number of hydrogen-bond acceptors (Lipinski definition) is 4. The molecule has 8 heteroatoms. The Morgan fingerprint density at radius 3 is 1.60 bits per heavy atom. The van der Waals surface area contributed by atoms with E-state index < -0.39 is 17.6 Å². The molecule has 0 bridgehead atoms. The van der Waals surface area contributed by atoms with Crippen molar-refractivity contribution in [1.82, 2.24) is 4.57 Å². The Balaban J connectivity index is 1.56. The molecule has 2 amide bonds. The van der Waals surface area contributed by atoms with Crippen molar-refractivity contribution >= 4 is 22.6 Å². The van der Waals surface area contributed by atoms with Crippen molar-refractivity contribution in [2.75, 3.05) is 0 Å². The normalized spacial score (nSPS) is 11.2. The molecule has 0 radical (unpaired) electrons. The van der Waals surface area contributed by atoms with Crippen molar-refractivity contribution in [2.24, 2.45) is 10.2 Å². The SMILES string of the molecule is O=C(N=NC(=O)c1ccc(-n2c(O)c3ccccc3c2O)cc1)c1ccc(F)cc1. The maximum Gasteiger partial charge on any atom is 0.295 e. The number of aromatic hydroxyl groups is 2. The van der Waals surface area contributed by atoms with Crippen molar-refractivity contribution in [2.45, 2.75) is 0 Å². The van der Waals surface area contributed by atoms with Gasteiger partial charge in [0.15, 0.2) is 0 Å². The topological polar surface area (TPSA) is 104 Å². The predicted octanol–water partition coefficient (Wildman–Crippen LogP) is 4.61. The average molecular weight is 403 g/mol. The van der Waals surface area contributed by atoms with E-state index in [1.807, 2.05) is 0 Å². The summed E-state index contributed by atoms with van der Waals surface area (Å²) in [5.74, 6) is -2.28. The zero-order valence-corrected chi connectivity index (χ0v) is 15.4. The fraction of sp³-hybridized carbons (Fsp3) is 0. The molecule has 0 spiro atoms. The summed E-state index contributed by atoms with van der Waals surface area (Å²) < 4.78 is 14.1. The van der Waals surface area contributed by atoms with E-state index in [1.54, 1.807) is 24.3 Å². The number of halogens is 1. The molecule has 1 heterocycles. The van der Waals surface area contributed by atoms with E-state index in [1.165, 1.54) is 41.0 Å². The number of benzene rings is 3. The van der Waals surface area contributed by atoms with E-state index in [4.69, 9.17) is 0 Å².